The van der Waals surface area contributed by atoms with Gasteiger partial charge in [-0.05, 0) is 33.3 Å². The Hall–Kier alpha value is -1.33. The van der Waals surface area contributed by atoms with Crippen LogP contribution < -0.4 is 0 Å². The predicted octanol–water partition coefficient (Wildman–Crippen LogP) is 3.33. The lowest BCUT2D eigenvalue weighted by Crippen LogP contribution is -2.39. The molecule has 0 unspecified atom stereocenters. The molecule has 1 aromatic rings. The topological polar surface area (TPSA) is 27.0 Å². The van der Waals surface area contributed by atoms with E-state index in [1.807, 2.05) is 0 Å². The summed E-state index contributed by atoms with van der Waals surface area (Å²) in [6, 6.07) is 11.1. The van der Waals surface area contributed by atoms with E-state index in [0.29, 0.717) is 5.92 Å². The van der Waals surface area contributed by atoms with E-state index in [-0.39, 0.29) is 11.5 Å². The third-order valence-corrected chi connectivity index (χ3v) is 3.90. The van der Waals surface area contributed by atoms with Gasteiger partial charge >= 0.3 is 0 Å². The highest BCUT2D eigenvalue weighted by molar-refractivity contribution is 5.29. The molecule has 1 saturated heterocycles. The van der Waals surface area contributed by atoms with Crippen LogP contribution in [0.4, 0.5) is 0 Å². The highest BCUT2D eigenvalue weighted by Gasteiger charge is 2.38. The molecule has 0 aliphatic carbocycles. The fourth-order valence-corrected chi connectivity index (χ4v) is 2.72. The Morgan fingerprint density at radius 1 is 1.28 bits per heavy atom. The number of benzene rings is 1. The van der Waals surface area contributed by atoms with E-state index < -0.39 is 0 Å². The Labute approximate surface area is 110 Å². The van der Waals surface area contributed by atoms with Gasteiger partial charge in [0.2, 0.25) is 0 Å². The van der Waals surface area contributed by atoms with Crippen LogP contribution in [-0.2, 0) is 0 Å². The van der Waals surface area contributed by atoms with Crippen molar-refractivity contribution >= 4 is 0 Å². The monoisotopic (exact) mass is 242 g/mol. The molecule has 0 saturated carbocycles. The van der Waals surface area contributed by atoms with E-state index >= 15 is 0 Å². The van der Waals surface area contributed by atoms with Crippen molar-refractivity contribution in [3.63, 3.8) is 0 Å². The van der Waals surface area contributed by atoms with Crippen molar-refractivity contribution in [3.8, 4) is 6.07 Å². The molecule has 1 aromatic carbocycles. The Balaban J connectivity index is 2.26. The first-order valence-electron chi connectivity index (χ1n) is 6.63. The Kier molecular flexibility index (Phi) is 3.45. The molecule has 2 heteroatoms. The highest BCUT2D eigenvalue weighted by atomic mass is 15.2. The molecule has 0 spiro atoms. The normalized spacial score (nSPS) is 25.1. The molecule has 1 aliphatic rings. The zero-order valence-electron chi connectivity index (χ0n) is 11.8. The van der Waals surface area contributed by atoms with Gasteiger partial charge in [-0.3, -0.25) is 4.90 Å². The lowest BCUT2D eigenvalue weighted by molar-refractivity contribution is 0.170. The van der Waals surface area contributed by atoms with Crippen LogP contribution in [0.5, 0.6) is 0 Å². The van der Waals surface area contributed by atoms with E-state index in [4.69, 9.17) is 0 Å². The summed E-state index contributed by atoms with van der Waals surface area (Å²) in [6.45, 7) is 10.7. The van der Waals surface area contributed by atoms with Crippen LogP contribution in [0, 0.1) is 24.2 Å². The second kappa shape index (κ2) is 4.74. The van der Waals surface area contributed by atoms with Crippen LogP contribution in [0.1, 0.15) is 37.8 Å². The zero-order valence-corrected chi connectivity index (χ0v) is 11.8. The summed E-state index contributed by atoms with van der Waals surface area (Å²) in [5.41, 5.74) is 2.74. The molecule has 1 fully saturated rings. The Morgan fingerprint density at radius 3 is 2.56 bits per heavy atom. The number of aryl methyl sites for hydroxylation is 1. The number of hydrogen-bond acceptors (Lipinski definition) is 2. The van der Waals surface area contributed by atoms with Gasteiger partial charge in [-0.2, -0.15) is 5.26 Å². The third-order valence-electron chi connectivity index (χ3n) is 3.90. The van der Waals surface area contributed by atoms with Crippen molar-refractivity contribution in [2.24, 2.45) is 5.92 Å². The van der Waals surface area contributed by atoms with Crippen LogP contribution in [0.3, 0.4) is 0 Å². The fraction of sp³-hybridized carbons (Fsp3) is 0.562. The number of rotatable bonds is 1. The lowest BCUT2D eigenvalue weighted by atomic mass is 9.89. The largest absolute Gasteiger partial charge is 0.297 e. The summed E-state index contributed by atoms with van der Waals surface area (Å²) in [5.74, 6) is 0.472. The van der Waals surface area contributed by atoms with Crippen molar-refractivity contribution in [3.05, 3.63) is 35.4 Å². The van der Waals surface area contributed by atoms with Crippen molar-refractivity contribution in [1.29, 1.82) is 5.26 Å². The molecule has 0 aromatic heterocycles. The van der Waals surface area contributed by atoms with Gasteiger partial charge in [0.05, 0.1) is 12.0 Å². The first-order chi connectivity index (χ1) is 8.41. The van der Waals surface area contributed by atoms with Gasteiger partial charge in [-0.1, -0.05) is 29.8 Å². The number of likely N-dealkylation sites (tertiary alicyclic amines) is 1. The molecule has 0 N–H and O–H groups in total. The molecule has 0 amide bonds. The van der Waals surface area contributed by atoms with Gasteiger partial charge in [-0.25, -0.2) is 0 Å². The first-order valence-corrected chi connectivity index (χ1v) is 6.63. The third kappa shape index (κ3) is 2.57. The second-order valence-corrected chi connectivity index (χ2v) is 6.33. The number of nitrogens with zero attached hydrogens (tertiary/aromatic N) is 2. The lowest BCUT2D eigenvalue weighted by Gasteiger charge is -2.31. The number of nitriles is 1. The second-order valence-electron chi connectivity index (χ2n) is 6.33. The standard InChI is InChI=1S/C16H22N2/c1-12-6-5-7-13(8-12)15-11-18(16(2,3)4)10-14(15)9-17/h5-8,14-15H,10-11H2,1-4H3/t14-,15+/m1/s1. The molecule has 0 bridgehead atoms. The minimum absolute atomic E-state index is 0.117. The van der Waals surface area contributed by atoms with Gasteiger partial charge in [0.1, 0.15) is 0 Å². The molecular formula is C16H22N2. The first kappa shape index (κ1) is 13.1. The van der Waals surface area contributed by atoms with E-state index in [2.05, 4.69) is 62.9 Å². The molecule has 2 atom stereocenters. The van der Waals surface area contributed by atoms with E-state index in [1.165, 1.54) is 11.1 Å². The average Bonchev–Trinajstić information content (AvgIpc) is 2.72. The minimum Gasteiger partial charge on any atom is -0.297 e. The summed E-state index contributed by atoms with van der Waals surface area (Å²) < 4.78 is 0. The molecule has 2 rings (SSSR count). The van der Waals surface area contributed by atoms with Crippen LogP contribution >= 0.6 is 0 Å². The van der Waals surface area contributed by atoms with Crippen molar-refractivity contribution < 1.29 is 0 Å². The highest BCUT2D eigenvalue weighted by Crippen LogP contribution is 2.35. The number of hydrogen-bond donors (Lipinski definition) is 0. The van der Waals surface area contributed by atoms with Crippen molar-refractivity contribution in [2.75, 3.05) is 13.1 Å². The van der Waals surface area contributed by atoms with Crippen LogP contribution in [0.25, 0.3) is 0 Å². The fourth-order valence-electron chi connectivity index (χ4n) is 2.72. The van der Waals surface area contributed by atoms with Crippen LogP contribution in [-0.4, -0.2) is 23.5 Å². The van der Waals surface area contributed by atoms with Crippen molar-refractivity contribution in [2.45, 2.75) is 39.2 Å². The molecule has 2 nitrogen and oxygen atoms in total. The quantitative estimate of drug-likeness (QED) is 0.755. The van der Waals surface area contributed by atoms with E-state index in [9.17, 15) is 5.26 Å². The molecule has 18 heavy (non-hydrogen) atoms. The maximum absolute atomic E-state index is 9.37. The summed E-state index contributed by atoms with van der Waals surface area (Å²) in [4.78, 5) is 2.42. The predicted molar refractivity (Wildman–Crippen MR) is 74.3 cm³/mol. The summed E-state index contributed by atoms with van der Waals surface area (Å²) in [5, 5.41) is 9.37. The van der Waals surface area contributed by atoms with Gasteiger partial charge in [0.15, 0.2) is 0 Å². The van der Waals surface area contributed by atoms with Gasteiger partial charge in [0.25, 0.3) is 0 Å². The Morgan fingerprint density at radius 2 is 2.00 bits per heavy atom. The summed E-state index contributed by atoms with van der Waals surface area (Å²) in [7, 11) is 0. The van der Waals surface area contributed by atoms with Crippen molar-refractivity contribution in [1.82, 2.24) is 4.90 Å². The molecule has 0 radical (unpaired) electrons. The summed E-state index contributed by atoms with van der Waals surface area (Å²) in [6.07, 6.45) is 0. The molecular weight excluding hydrogens is 220 g/mol. The maximum Gasteiger partial charge on any atom is 0.0676 e. The zero-order chi connectivity index (χ0) is 13.3. The van der Waals surface area contributed by atoms with Crippen LogP contribution in [0.2, 0.25) is 0 Å². The van der Waals surface area contributed by atoms with Gasteiger partial charge < -0.3 is 0 Å². The van der Waals surface area contributed by atoms with Gasteiger partial charge in [-0.15, -0.1) is 0 Å². The smallest absolute Gasteiger partial charge is 0.0676 e. The average molecular weight is 242 g/mol. The molecule has 1 heterocycles. The van der Waals surface area contributed by atoms with Crippen LogP contribution in [0.15, 0.2) is 24.3 Å². The van der Waals surface area contributed by atoms with E-state index in [0.717, 1.165) is 13.1 Å². The van der Waals surface area contributed by atoms with E-state index in [1.54, 1.807) is 0 Å². The molecule has 1 aliphatic heterocycles. The maximum atomic E-state index is 9.37. The Bertz CT molecular complexity index is 465. The summed E-state index contributed by atoms with van der Waals surface area (Å²) >= 11 is 0. The van der Waals surface area contributed by atoms with Gasteiger partial charge in [0, 0.05) is 24.5 Å². The SMILES string of the molecule is Cc1cccc([C@@H]2CN(C(C)(C)C)C[C@H]2C#N)c1. The minimum atomic E-state index is 0.117. The molecule has 96 valence electrons.